The number of carbonyl (C=O) groups is 1. The second-order valence-corrected chi connectivity index (χ2v) is 5.50. The van der Waals surface area contributed by atoms with Crippen LogP contribution in [0.5, 0.6) is 0 Å². The Morgan fingerprint density at radius 3 is 2.38 bits per heavy atom. The monoisotopic (exact) mass is 240 g/mol. The maximum Gasteiger partial charge on any atom is 0.329 e. The van der Waals surface area contributed by atoms with Crippen molar-refractivity contribution in [2.75, 3.05) is 0 Å². The molecule has 5 heteroatoms. The van der Waals surface area contributed by atoms with Crippen LogP contribution in [0.1, 0.15) is 12.5 Å². The minimum Gasteiger partial charge on any atom is -0.478 e. The first-order chi connectivity index (χ1) is 7.42. The van der Waals surface area contributed by atoms with Crippen molar-refractivity contribution in [2.45, 2.75) is 12.7 Å². The van der Waals surface area contributed by atoms with Gasteiger partial charge in [0.1, 0.15) is 0 Å². The molecule has 0 aliphatic heterocycles. The Morgan fingerprint density at radius 1 is 1.31 bits per heavy atom. The number of benzene rings is 1. The molecule has 4 nitrogen and oxygen atoms in total. The van der Waals surface area contributed by atoms with Crippen LogP contribution in [-0.4, -0.2) is 19.5 Å². The standard InChI is InChI=1S/C11H12O4S/c1-9(7-11(12)13)16(14,15)8-10-5-3-2-4-6-10/h2-7H,8H2,1H3,(H,12,13)/b9-7-. The predicted octanol–water partition coefficient (Wildman–Crippen LogP) is 1.59. The van der Waals surface area contributed by atoms with E-state index in [2.05, 4.69) is 0 Å². The average Bonchev–Trinajstić information content (AvgIpc) is 2.17. The highest BCUT2D eigenvalue weighted by Crippen LogP contribution is 2.13. The van der Waals surface area contributed by atoms with Gasteiger partial charge in [0.2, 0.25) is 0 Å². The van der Waals surface area contributed by atoms with E-state index in [0.717, 1.165) is 0 Å². The van der Waals surface area contributed by atoms with E-state index in [1.807, 2.05) is 0 Å². The number of hydrogen-bond donors (Lipinski definition) is 1. The first kappa shape index (κ1) is 12.4. The van der Waals surface area contributed by atoms with Crippen molar-refractivity contribution < 1.29 is 18.3 Å². The Bertz CT molecular complexity index is 500. The van der Waals surface area contributed by atoms with Crippen LogP contribution in [0, 0.1) is 0 Å². The van der Waals surface area contributed by atoms with Crippen LogP contribution in [0.15, 0.2) is 41.3 Å². The highest BCUT2D eigenvalue weighted by atomic mass is 32.2. The molecule has 0 saturated carbocycles. The van der Waals surface area contributed by atoms with Crippen molar-refractivity contribution in [3.63, 3.8) is 0 Å². The third kappa shape index (κ3) is 3.51. The summed E-state index contributed by atoms with van der Waals surface area (Å²) in [4.78, 5) is 10.2. The SMILES string of the molecule is C/C(=C/C(=O)O)S(=O)(=O)Cc1ccccc1. The lowest BCUT2D eigenvalue weighted by atomic mass is 10.2. The maximum absolute atomic E-state index is 11.7. The van der Waals surface area contributed by atoms with Gasteiger partial charge < -0.3 is 5.11 Å². The second-order valence-electron chi connectivity index (χ2n) is 3.34. The summed E-state index contributed by atoms with van der Waals surface area (Å²) in [6, 6.07) is 8.63. The van der Waals surface area contributed by atoms with Crippen LogP contribution in [0.4, 0.5) is 0 Å². The summed E-state index contributed by atoms with van der Waals surface area (Å²) in [6.07, 6.45) is 0.707. The molecule has 0 aromatic heterocycles. The Hall–Kier alpha value is -1.62. The third-order valence-corrected chi connectivity index (χ3v) is 3.83. The van der Waals surface area contributed by atoms with Crippen molar-refractivity contribution >= 4 is 15.8 Å². The Morgan fingerprint density at radius 2 is 1.88 bits per heavy atom. The minimum atomic E-state index is -3.53. The van der Waals surface area contributed by atoms with Gasteiger partial charge in [-0.05, 0) is 12.5 Å². The van der Waals surface area contributed by atoms with Gasteiger partial charge in [0.25, 0.3) is 0 Å². The number of hydrogen-bond acceptors (Lipinski definition) is 3. The topological polar surface area (TPSA) is 71.4 Å². The minimum absolute atomic E-state index is 0.135. The molecule has 0 spiro atoms. The van der Waals surface area contributed by atoms with E-state index in [9.17, 15) is 13.2 Å². The molecule has 0 atom stereocenters. The molecule has 1 N–H and O–H groups in total. The molecule has 0 bridgehead atoms. The summed E-state index contributed by atoms with van der Waals surface area (Å²) in [7, 11) is -3.53. The van der Waals surface area contributed by atoms with Crippen molar-refractivity contribution in [3.8, 4) is 0 Å². The second kappa shape index (κ2) is 4.94. The summed E-state index contributed by atoms with van der Waals surface area (Å²) in [5, 5.41) is 8.47. The lowest BCUT2D eigenvalue weighted by Crippen LogP contribution is -2.07. The molecule has 0 aliphatic carbocycles. The van der Waals surface area contributed by atoms with Crippen LogP contribution in [0.25, 0.3) is 0 Å². The van der Waals surface area contributed by atoms with Gasteiger partial charge in [0.05, 0.1) is 5.75 Å². The average molecular weight is 240 g/mol. The highest BCUT2D eigenvalue weighted by molar-refractivity contribution is 7.94. The fourth-order valence-electron chi connectivity index (χ4n) is 1.17. The van der Waals surface area contributed by atoms with Gasteiger partial charge >= 0.3 is 5.97 Å². The van der Waals surface area contributed by atoms with E-state index < -0.39 is 15.8 Å². The molecule has 0 aliphatic rings. The molecular weight excluding hydrogens is 228 g/mol. The van der Waals surface area contributed by atoms with Crippen LogP contribution >= 0.6 is 0 Å². The largest absolute Gasteiger partial charge is 0.478 e. The predicted molar refractivity (Wildman–Crippen MR) is 60.5 cm³/mol. The zero-order chi connectivity index (χ0) is 12.2. The number of rotatable bonds is 4. The molecule has 0 unspecified atom stereocenters. The van der Waals surface area contributed by atoms with Gasteiger partial charge in [-0.2, -0.15) is 0 Å². The first-order valence-electron chi connectivity index (χ1n) is 4.60. The summed E-state index contributed by atoms with van der Waals surface area (Å²) in [6.45, 7) is 1.28. The number of sulfone groups is 1. The number of allylic oxidation sites excluding steroid dienone is 1. The lowest BCUT2D eigenvalue weighted by molar-refractivity contribution is -0.131. The van der Waals surface area contributed by atoms with Gasteiger partial charge in [-0.25, -0.2) is 13.2 Å². The van der Waals surface area contributed by atoms with Gasteiger partial charge in [-0.15, -0.1) is 0 Å². The van der Waals surface area contributed by atoms with Crippen LogP contribution < -0.4 is 0 Å². The quantitative estimate of drug-likeness (QED) is 0.811. The third-order valence-electron chi connectivity index (χ3n) is 2.02. The van der Waals surface area contributed by atoms with E-state index >= 15 is 0 Å². The smallest absolute Gasteiger partial charge is 0.329 e. The van der Waals surface area contributed by atoms with E-state index in [0.29, 0.717) is 11.6 Å². The summed E-state index contributed by atoms with van der Waals surface area (Å²) >= 11 is 0. The molecule has 0 heterocycles. The molecule has 86 valence electrons. The van der Waals surface area contributed by atoms with Crippen molar-refractivity contribution in [1.29, 1.82) is 0 Å². The zero-order valence-electron chi connectivity index (χ0n) is 8.75. The summed E-state index contributed by atoms with van der Waals surface area (Å²) in [5.41, 5.74) is 0.639. The fraction of sp³-hybridized carbons (Fsp3) is 0.182. The lowest BCUT2D eigenvalue weighted by Gasteiger charge is -2.03. The van der Waals surface area contributed by atoms with E-state index in [-0.39, 0.29) is 10.7 Å². The molecule has 1 rings (SSSR count). The molecule has 16 heavy (non-hydrogen) atoms. The maximum atomic E-state index is 11.7. The van der Waals surface area contributed by atoms with E-state index in [4.69, 9.17) is 5.11 Å². The molecule has 0 fully saturated rings. The molecule has 1 aromatic carbocycles. The number of carboxylic acid groups (broad SMARTS) is 1. The fourth-order valence-corrected chi connectivity index (χ4v) is 2.31. The summed E-state index contributed by atoms with van der Waals surface area (Å²) < 4.78 is 23.4. The van der Waals surface area contributed by atoms with Gasteiger partial charge in [0.15, 0.2) is 9.84 Å². The Labute approximate surface area is 94.1 Å². The van der Waals surface area contributed by atoms with E-state index in [1.54, 1.807) is 30.3 Å². The highest BCUT2D eigenvalue weighted by Gasteiger charge is 2.15. The first-order valence-corrected chi connectivity index (χ1v) is 6.25. The van der Waals surface area contributed by atoms with Crippen LogP contribution in [-0.2, 0) is 20.4 Å². The normalized spacial score (nSPS) is 12.4. The van der Waals surface area contributed by atoms with Crippen LogP contribution in [0.2, 0.25) is 0 Å². The molecule has 0 amide bonds. The molecule has 0 radical (unpaired) electrons. The number of carboxylic acids is 1. The molecule has 1 aromatic rings. The zero-order valence-corrected chi connectivity index (χ0v) is 9.57. The van der Waals surface area contributed by atoms with Gasteiger partial charge in [-0.3, -0.25) is 0 Å². The van der Waals surface area contributed by atoms with Gasteiger partial charge in [-0.1, -0.05) is 30.3 Å². The number of aliphatic carboxylic acids is 1. The van der Waals surface area contributed by atoms with Crippen molar-refractivity contribution in [1.82, 2.24) is 0 Å². The van der Waals surface area contributed by atoms with Crippen LogP contribution in [0.3, 0.4) is 0 Å². The van der Waals surface area contributed by atoms with Gasteiger partial charge in [0, 0.05) is 11.0 Å². The van der Waals surface area contributed by atoms with Crippen molar-refractivity contribution in [3.05, 3.63) is 46.9 Å². The molecule has 0 saturated heterocycles. The Kier molecular flexibility index (Phi) is 3.84. The van der Waals surface area contributed by atoms with E-state index in [1.165, 1.54) is 6.92 Å². The van der Waals surface area contributed by atoms with Crippen molar-refractivity contribution in [2.24, 2.45) is 0 Å². The Balaban J connectivity index is 2.93. The molecular formula is C11H12O4S. The summed E-state index contributed by atoms with van der Waals surface area (Å²) in [5.74, 6) is -1.43.